The van der Waals surface area contributed by atoms with Crippen molar-refractivity contribution in [3.8, 4) is 0 Å². The molecule has 1 aliphatic rings. The Labute approximate surface area is 98.1 Å². The Morgan fingerprint density at radius 2 is 1.94 bits per heavy atom. The molecule has 1 aliphatic carbocycles. The lowest BCUT2D eigenvalue weighted by Crippen LogP contribution is -2.44. The Hall–Kier alpha value is -0.160. The molecule has 0 radical (unpaired) electrons. The predicted molar refractivity (Wildman–Crippen MR) is 63.2 cm³/mol. The average Bonchev–Trinajstić information content (AvgIpc) is 3.06. The summed E-state index contributed by atoms with van der Waals surface area (Å²) in [6.45, 7) is 6.71. The third kappa shape index (κ3) is 4.78. The van der Waals surface area contributed by atoms with Gasteiger partial charge < -0.3 is 20.3 Å². The smallest absolute Gasteiger partial charge is 0.103 e. The molecule has 1 atom stereocenters. The van der Waals surface area contributed by atoms with E-state index in [1.165, 1.54) is 0 Å². The first-order valence-electron chi connectivity index (χ1n) is 6.16. The Morgan fingerprint density at radius 3 is 2.44 bits per heavy atom. The molecule has 0 heterocycles. The molecule has 96 valence electrons. The van der Waals surface area contributed by atoms with Gasteiger partial charge in [-0.1, -0.05) is 13.8 Å². The van der Waals surface area contributed by atoms with E-state index in [1.807, 2.05) is 0 Å². The predicted octanol–water partition coefficient (Wildman–Crippen LogP) is 0.775. The molecule has 0 bridgehead atoms. The Balaban J connectivity index is 2.01. The first-order chi connectivity index (χ1) is 7.58. The molecule has 0 spiro atoms. The van der Waals surface area contributed by atoms with Crippen LogP contribution in [0.25, 0.3) is 0 Å². The van der Waals surface area contributed by atoms with E-state index in [4.69, 9.17) is 15.2 Å². The highest BCUT2D eigenvalue weighted by Crippen LogP contribution is 2.39. The number of rotatable bonds is 9. The van der Waals surface area contributed by atoms with Gasteiger partial charge in [-0.05, 0) is 24.7 Å². The van der Waals surface area contributed by atoms with Crippen molar-refractivity contribution < 1.29 is 14.6 Å². The van der Waals surface area contributed by atoms with Crippen molar-refractivity contribution >= 4 is 0 Å². The van der Waals surface area contributed by atoms with Crippen LogP contribution in [0.15, 0.2) is 0 Å². The van der Waals surface area contributed by atoms with Crippen molar-refractivity contribution in [2.75, 3.05) is 33.0 Å². The van der Waals surface area contributed by atoms with Crippen LogP contribution in [-0.4, -0.2) is 43.7 Å². The van der Waals surface area contributed by atoms with E-state index in [0.717, 1.165) is 19.4 Å². The molecule has 1 fully saturated rings. The number of hydrogen-bond donors (Lipinski definition) is 2. The van der Waals surface area contributed by atoms with Crippen LogP contribution in [0.2, 0.25) is 0 Å². The molecule has 0 amide bonds. The van der Waals surface area contributed by atoms with Crippen LogP contribution in [0.4, 0.5) is 0 Å². The molecular weight excluding hydrogens is 206 g/mol. The van der Waals surface area contributed by atoms with E-state index in [1.54, 1.807) is 0 Å². The van der Waals surface area contributed by atoms with Gasteiger partial charge in [0.25, 0.3) is 0 Å². The van der Waals surface area contributed by atoms with Crippen molar-refractivity contribution in [2.45, 2.75) is 32.3 Å². The van der Waals surface area contributed by atoms with Crippen molar-refractivity contribution in [1.29, 1.82) is 0 Å². The van der Waals surface area contributed by atoms with Gasteiger partial charge in [0.1, 0.15) is 5.60 Å². The maximum absolute atomic E-state index is 10.1. The summed E-state index contributed by atoms with van der Waals surface area (Å²) in [5.74, 6) is 0.890. The van der Waals surface area contributed by atoms with Crippen molar-refractivity contribution in [3.63, 3.8) is 0 Å². The second-order valence-electron chi connectivity index (χ2n) is 5.10. The van der Waals surface area contributed by atoms with Crippen LogP contribution >= 0.6 is 0 Å². The van der Waals surface area contributed by atoms with E-state index < -0.39 is 5.60 Å². The van der Waals surface area contributed by atoms with Crippen LogP contribution in [0.1, 0.15) is 26.7 Å². The van der Waals surface area contributed by atoms with Gasteiger partial charge in [-0.3, -0.25) is 0 Å². The summed E-state index contributed by atoms with van der Waals surface area (Å²) in [5.41, 5.74) is 4.76. The van der Waals surface area contributed by atoms with Crippen molar-refractivity contribution in [2.24, 2.45) is 17.6 Å². The highest BCUT2D eigenvalue weighted by atomic mass is 16.5. The lowest BCUT2D eigenvalue weighted by atomic mass is 9.99. The maximum Gasteiger partial charge on any atom is 0.103 e. The fraction of sp³-hybridized carbons (Fsp3) is 1.00. The second kappa shape index (κ2) is 6.55. The summed E-state index contributed by atoms with van der Waals surface area (Å²) in [7, 11) is 0. The number of hydrogen-bond acceptors (Lipinski definition) is 4. The summed E-state index contributed by atoms with van der Waals surface area (Å²) in [5, 5.41) is 10.1. The fourth-order valence-electron chi connectivity index (χ4n) is 1.65. The Morgan fingerprint density at radius 1 is 1.31 bits per heavy atom. The van der Waals surface area contributed by atoms with Crippen LogP contribution in [0.3, 0.4) is 0 Å². The Kier molecular flexibility index (Phi) is 5.69. The number of aliphatic hydroxyl groups is 1. The van der Waals surface area contributed by atoms with Gasteiger partial charge in [0.15, 0.2) is 0 Å². The molecule has 4 nitrogen and oxygen atoms in total. The van der Waals surface area contributed by atoms with Gasteiger partial charge in [-0.2, -0.15) is 0 Å². The van der Waals surface area contributed by atoms with Crippen LogP contribution in [0.5, 0.6) is 0 Å². The Bertz CT molecular complexity index is 195. The molecular formula is C12H25NO3. The fourth-order valence-corrected chi connectivity index (χ4v) is 1.65. The zero-order valence-electron chi connectivity index (χ0n) is 10.4. The minimum atomic E-state index is -0.807. The van der Waals surface area contributed by atoms with Gasteiger partial charge in [0, 0.05) is 13.2 Å². The molecule has 0 aromatic heterocycles. The first-order valence-corrected chi connectivity index (χ1v) is 6.16. The summed E-state index contributed by atoms with van der Waals surface area (Å²) in [6.07, 6.45) is 2.14. The van der Waals surface area contributed by atoms with Crippen LogP contribution < -0.4 is 5.73 Å². The molecule has 0 aromatic rings. The molecule has 0 aromatic carbocycles. The van der Waals surface area contributed by atoms with Crippen molar-refractivity contribution in [3.05, 3.63) is 0 Å². The largest absolute Gasteiger partial charge is 0.386 e. The summed E-state index contributed by atoms with van der Waals surface area (Å²) in [6, 6.07) is 0. The third-order valence-electron chi connectivity index (χ3n) is 2.87. The maximum atomic E-state index is 10.1. The quantitative estimate of drug-likeness (QED) is 0.575. The van der Waals surface area contributed by atoms with Gasteiger partial charge in [-0.15, -0.1) is 0 Å². The minimum absolute atomic E-state index is 0.282. The van der Waals surface area contributed by atoms with E-state index in [9.17, 15) is 5.11 Å². The molecule has 3 N–H and O–H groups in total. The number of nitrogens with two attached hydrogens (primary N) is 1. The molecule has 1 rings (SSSR count). The van der Waals surface area contributed by atoms with E-state index in [0.29, 0.717) is 31.7 Å². The molecule has 1 saturated carbocycles. The van der Waals surface area contributed by atoms with Gasteiger partial charge in [0.2, 0.25) is 0 Å². The standard InChI is InChI=1S/C12H25NO3/c1-10(2)7-15-5-6-16-9-12(14,8-13)11-3-4-11/h10-11,14H,3-9,13H2,1-2H3. The van der Waals surface area contributed by atoms with Crippen LogP contribution in [0, 0.1) is 11.8 Å². The third-order valence-corrected chi connectivity index (χ3v) is 2.87. The average molecular weight is 231 g/mol. The normalized spacial score (nSPS) is 20.1. The number of ether oxygens (including phenoxy) is 2. The lowest BCUT2D eigenvalue weighted by molar-refractivity contribution is -0.0665. The highest BCUT2D eigenvalue weighted by Gasteiger charge is 2.42. The topological polar surface area (TPSA) is 64.7 Å². The molecule has 16 heavy (non-hydrogen) atoms. The van der Waals surface area contributed by atoms with E-state index in [2.05, 4.69) is 13.8 Å². The SMILES string of the molecule is CC(C)COCCOCC(O)(CN)C1CC1. The summed E-state index contributed by atoms with van der Waals surface area (Å²) >= 11 is 0. The van der Waals surface area contributed by atoms with E-state index >= 15 is 0 Å². The second-order valence-corrected chi connectivity index (χ2v) is 5.10. The first kappa shape index (κ1) is 13.9. The monoisotopic (exact) mass is 231 g/mol. The zero-order valence-corrected chi connectivity index (χ0v) is 10.4. The van der Waals surface area contributed by atoms with Gasteiger partial charge in [-0.25, -0.2) is 0 Å². The molecule has 0 saturated heterocycles. The van der Waals surface area contributed by atoms with Gasteiger partial charge in [0.05, 0.1) is 19.8 Å². The minimum Gasteiger partial charge on any atom is -0.386 e. The van der Waals surface area contributed by atoms with Gasteiger partial charge >= 0.3 is 0 Å². The summed E-state index contributed by atoms with van der Waals surface area (Å²) in [4.78, 5) is 0. The molecule has 4 heteroatoms. The molecule has 0 aliphatic heterocycles. The summed E-state index contributed by atoms with van der Waals surface area (Å²) < 4.78 is 10.8. The van der Waals surface area contributed by atoms with Crippen LogP contribution in [-0.2, 0) is 9.47 Å². The highest BCUT2D eigenvalue weighted by molar-refractivity contribution is 4.95. The lowest BCUT2D eigenvalue weighted by Gasteiger charge is -2.26. The molecule has 1 unspecified atom stereocenters. The van der Waals surface area contributed by atoms with E-state index in [-0.39, 0.29) is 6.54 Å². The zero-order chi connectivity index (χ0) is 12.0. The van der Waals surface area contributed by atoms with Crippen molar-refractivity contribution in [1.82, 2.24) is 0 Å².